The Morgan fingerprint density at radius 2 is 1.65 bits per heavy atom. The van der Waals surface area contributed by atoms with E-state index in [4.69, 9.17) is 4.74 Å². The number of unbranched alkanes of at least 4 members (excludes halogenated alkanes) is 1. The van der Waals surface area contributed by atoms with Crippen molar-refractivity contribution in [3.63, 3.8) is 0 Å². The molecule has 0 heterocycles. The summed E-state index contributed by atoms with van der Waals surface area (Å²) >= 11 is 0. The van der Waals surface area contributed by atoms with Crippen molar-refractivity contribution < 1.29 is 14.6 Å². The lowest BCUT2D eigenvalue weighted by molar-refractivity contribution is 0.0954. The predicted octanol–water partition coefficient (Wildman–Crippen LogP) is 3.33. The summed E-state index contributed by atoms with van der Waals surface area (Å²) in [6.45, 7) is 4.58. The highest BCUT2D eigenvalue weighted by molar-refractivity contribution is 14.0. The Labute approximate surface area is 201 Å². The molecule has 8 heteroatoms. The van der Waals surface area contributed by atoms with Crippen LogP contribution in [0.3, 0.4) is 0 Å². The SMILES string of the molecule is CCNC(=NCCCCc1ccc(OC)cc1)NCCNC(=O)c1ccc(O)cc1.I. The third-order valence-electron chi connectivity index (χ3n) is 4.48. The topological polar surface area (TPSA) is 95.0 Å². The van der Waals surface area contributed by atoms with Crippen LogP contribution in [-0.2, 0) is 6.42 Å². The zero-order chi connectivity index (χ0) is 21.6. The van der Waals surface area contributed by atoms with Crippen molar-refractivity contribution in [1.29, 1.82) is 0 Å². The maximum Gasteiger partial charge on any atom is 0.251 e. The molecule has 0 saturated heterocycles. The summed E-state index contributed by atoms with van der Waals surface area (Å²) in [6.07, 6.45) is 3.09. The predicted molar refractivity (Wildman–Crippen MR) is 136 cm³/mol. The number of guanidine groups is 1. The first kappa shape index (κ1) is 26.5. The molecule has 0 saturated carbocycles. The number of carbonyl (C=O) groups excluding carboxylic acids is 1. The number of aliphatic imine (C=N–C) groups is 1. The Morgan fingerprint density at radius 1 is 0.968 bits per heavy atom. The van der Waals surface area contributed by atoms with Crippen LogP contribution in [0.15, 0.2) is 53.5 Å². The molecule has 0 aliphatic carbocycles. The molecular formula is C23H33IN4O3. The van der Waals surface area contributed by atoms with Crippen LogP contribution in [-0.4, -0.2) is 50.3 Å². The van der Waals surface area contributed by atoms with Gasteiger partial charge in [0.05, 0.1) is 7.11 Å². The van der Waals surface area contributed by atoms with Crippen LogP contribution in [0.2, 0.25) is 0 Å². The van der Waals surface area contributed by atoms with E-state index in [9.17, 15) is 9.90 Å². The number of amides is 1. The summed E-state index contributed by atoms with van der Waals surface area (Å²) < 4.78 is 5.18. The molecule has 0 aliphatic heterocycles. The number of phenolic OH excluding ortho intramolecular Hbond substituents is 1. The summed E-state index contributed by atoms with van der Waals surface area (Å²) in [7, 11) is 1.67. The standard InChI is InChI=1S/C23H32N4O3.HI/c1-3-24-23(26-15-5-4-6-18-7-13-21(30-2)14-8-18)27-17-16-25-22(29)19-9-11-20(28)12-10-19;/h7-14,28H,3-6,15-17H2,1-2H3,(H,25,29)(H2,24,26,27);1H. The smallest absolute Gasteiger partial charge is 0.251 e. The van der Waals surface area contributed by atoms with Crippen LogP contribution >= 0.6 is 24.0 Å². The molecule has 1 amide bonds. The Morgan fingerprint density at radius 3 is 2.29 bits per heavy atom. The first-order valence-corrected chi connectivity index (χ1v) is 10.3. The number of nitrogens with zero attached hydrogens (tertiary/aromatic N) is 1. The number of rotatable bonds is 11. The molecule has 2 aromatic rings. The van der Waals surface area contributed by atoms with Gasteiger partial charge in [0.25, 0.3) is 5.91 Å². The number of methoxy groups -OCH3 is 1. The minimum atomic E-state index is -0.169. The first-order chi connectivity index (χ1) is 14.6. The zero-order valence-electron chi connectivity index (χ0n) is 18.2. The van der Waals surface area contributed by atoms with Gasteiger partial charge >= 0.3 is 0 Å². The van der Waals surface area contributed by atoms with Crippen molar-refractivity contribution in [3.05, 3.63) is 59.7 Å². The Bertz CT molecular complexity index is 795. The minimum Gasteiger partial charge on any atom is -0.508 e. The van der Waals surface area contributed by atoms with Gasteiger partial charge in [-0.25, -0.2) is 0 Å². The van der Waals surface area contributed by atoms with Crippen molar-refractivity contribution in [3.8, 4) is 11.5 Å². The molecule has 2 rings (SSSR count). The number of halogens is 1. The largest absolute Gasteiger partial charge is 0.508 e. The van der Waals surface area contributed by atoms with Crippen molar-refractivity contribution in [2.24, 2.45) is 4.99 Å². The summed E-state index contributed by atoms with van der Waals surface area (Å²) in [4.78, 5) is 16.6. The van der Waals surface area contributed by atoms with Crippen LogP contribution in [0, 0.1) is 0 Å². The van der Waals surface area contributed by atoms with Gasteiger partial charge in [-0.15, -0.1) is 24.0 Å². The Kier molecular flexibility index (Phi) is 13.1. The molecule has 0 spiro atoms. The van der Waals surface area contributed by atoms with E-state index >= 15 is 0 Å². The fourth-order valence-corrected chi connectivity index (χ4v) is 2.84. The van der Waals surface area contributed by atoms with Crippen molar-refractivity contribution in [2.75, 3.05) is 33.3 Å². The average Bonchev–Trinajstić information content (AvgIpc) is 2.77. The number of carbonyl (C=O) groups is 1. The maximum atomic E-state index is 12.0. The van der Waals surface area contributed by atoms with E-state index in [1.807, 2.05) is 19.1 Å². The second-order valence-corrected chi connectivity index (χ2v) is 6.80. The lowest BCUT2D eigenvalue weighted by Crippen LogP contribution is -2.41. The minimum absolute atomic E-state index is 0. The maximum absolute atomic E-state index is 12.0. The van der Waals surface area contributed by atoms with Crippen molar-refractivity contribution in [2.45, 2.75) is 26.2 Å². The van der Waals surface area contributed by atoms with Crippen LogP contribution in [0.4, 0.5) is 0 Å². The van der Waals surface area contributed by atoms with Gasteiger partial charge in [0.2, 0.25) is 0 Å². The van der Waals surface area contributed by atoms with E-state index in [-0.39, 0.29) is 35.6 Å². The molecule has 0 aromatic heterocycles. The van der Waals surface area contributed by atoms with E-state index in [2.05, 4.69) is 33.1 Å². The molecule has 0 fully saturated rings. The fraction of sp³-hybridized carbons (Fsp3) is 0.391. The molecule has 0 unspecified atom stereocenters. The number of ether oxygens (including phenoxy) is 1. The molecule has 0 bridgehead atoms. The third-order valence-corrected chi connectivity index (χ3v) is 4.48. The van der Waals surface area contributed by atoms with Gasteiger partial charge in [-0.05, 0) is 68.1 Å². The summed E-state index contributed by atoms with van der Waals surface area (Å²) in [5.41, 5.74) is 1.82. The number of nitrogens with one attached hydrogen (secondary N) is 3. The highest BCUT2D eigenvalue weighted by Gasteiger charge is 2.04. The lowest BCUT2D eigenvalue weighted by Gasteiger charge is -2.12. The number of hydrogen-bond acceptors (Lipinski definition) is 4. The van der Waals surface area contributed by atoms with E-state index in [0.717, 1.165) is 44.1 Å². The second-order valence-electron chi connectivity index (χ2n) is 6.80. The van der Waals surface area contributed by atoms with Gasteiger partial charge in [0, 0.05) is 31.7 Å². The highest BCUT2D eigenvalue weighted by atomic mass is 127. The highest BCUT2D eigenvalue weighted by Crippen LogP contribution is 2.13. The van der Waals surface area contributed by atoms with Crippen LogP contribution in [0.1, 0.15) is 35.7 Å². The number of aromatic hydroxyl groups is 1. The Balaban J connectivity index is 0.00000480. The summed E-state index contributed by atoms with van der Waals surface area (Å²) in [6, 6.07) is 14.4. The second kappa shape index (κ2) is 15.3. The monoisotopic (exact) mass is 540 g/mol. The molecule has 4 N–H and O–H groups in total. The van der Waals surface area contributed by atoms with Crippen molar-refractivity contribution >= 4 is 35.8 Å². The normalized spacial score (nSPS) is 10.7. The first-order valence-electron chi connectivity index (χ1n) is 10.3. The van der Waals surface area contributed by atoms with Crippen LogP contribution in [0.5, 0.6) is 11.5 Å². The molecule has 0 aliphatic rings. The number of phenols is 1. The average molecular weight is 540 g/mol. The quantitative estimate of drug-likeness (QED) is 0.152. The van der Waals surface area contributed by atoms with Gasteiger partial charge in [-0.1, -0.05) is 12.1 Å². The zero-order valence-corrected chi connectivity index (χ0v) is 20.5. The molecule has 2 aromatic carbocycles. The van der Waals surface area contributed by atoms with Gasteiger partial charge < -0.3 is 25.8 Å². The molecule has 7 nitrogen and oxygen atoms in total. The van der Waals surface area contributed by atoms with Gasteiger partial charge in [0.1, 0.15) is 11.5 Å². The Hall–Kier alpha value is -2.49. The van der Waals surface area contributed by atoms with E-state index in [0.29, 0.717) is 18.7 Å². The van der Waals surface area contributed by atoms with E-state index in [1.165, 1.54) is 17.7 Å². The number of hydrogen-bond donors (Lipinski definition) is 4. The van der Waals surface area contributed by atoms with Crippen LogP contribution in [0.25, 0.3) is 0 Å². The van der Waals surface area contributed by atoms with E-state index < -0.39 is 0 Å². The van der Waals surface area contributed by atoms with Gasteiger partial charge in [-0.2, -0.15) is 0 Å². The lowest BCUT2D eigenvalue weighted by atomic mass is 10.1. The summed E-state index contributed by atoms with van der Waals surface area (Å²) in [5.74, 6) is 1.60. The fourth-order valence-electron chi connectivity index (χ4n) is 2.84. The third kappa shape index (κ3) is 10.4. The van der Waals surface area contributed by atoms with E-state index in [1.54, 1.807) is 19.2 Å². The van der Waals surface area contributed by atoms with Crippen LogP contribution < -0.4 is 20.7 Å². The summed E-state index contributed by atoms with van der Waals surface area (Å²) in [5, 5.41) is 18.6. The number of aryl methyl sites for hydroxylation is 1. The molecule has 0 atom stereocenters. The molecule has 170 valence electrons. The van der Waals surface area contributed by atoms with Gasteiger partial charge in [0.15, 0.2) is 5.96 Å². The molecular weight excluding hydrogens is 507 g/mol. The molecule has 0 radical (unpaired) electrons. The van der Waals surface area contributed by atoms with Crippen molar-refractivity contribution in [1.82, 2.24) is 16.0 Å². The van der Waals surface area contributed by atoms with Gasteiger partial charge in [-0.3, -0.25) is 9.79 Å². The number of benzene rings is 2. The molecule has 31 heavy (non-hydrogen) atoms.